The first kappa shape index (κ1) is 9.63. The number of halogens is 4. The van der Waals surface area contributed by atoms with E-state index in [0.29, 0.717) is 19.3 Å². The van der Waals surface area contributed by atoms with Crippen LogP contribution in [-0.4, -0.2) is 11.1 Å². The zero-order valence-electron chi connectivity index (χ0n) is 7.25. The Morgan fingerprint density at radius 3 is 1.54 bits per heavy atom. The Labute approximate surface area is 80.4 Å². The van der Waals surface area contributed by atoms with Crippen LogP contribution in [0, 0.1) is 5.41 Å². The minimum absolute atomic E-state index is 0.236. The molecule has 3 aliphatic rings. The first-order valence-corrected chi connectivity index (χ1v) is 5.01. The Bertz CT molecular complexity index is 197. The standard InChI is InChI=1S/C9H12ClF3/c10-8-4-1-7(2-5-8,3-6-8)9(11,12)13/h1-6H2. The molecule has 76 valence electrons. The Hall–Kier alpha value is 0.0800. The smallest absolute Gasteiger partial charge is 0.171 e. The van der Waals surface area contributed by atoms with Crippen LogP contribution in [0.3, 0.4) is 0 Å². The summed E-state index contributed by atoms with van der Waals surface area (Å²) in [6.07, 6.45) is -1.71. The van der Waals surface area contributed by atoms with E-state index in [0.717, 1.165) is 0 Å². The van der Waals surface area contributed by atoms with Gasteiger partial charge >= 0.3 is 6.18 Å². The molecule has 0 nitrogen and oxygen atoms in total. The van der Waals surface area contributed by atoms with E-state index in [2.05, 4.69) is 0 Å². The molecular weight excluding hydrogens is 201 g/mol. The lowest BCUT2D eigenvalue weighted by molar-refractivity contribution is -0.248. The first-order chi connectivity index (χ1) is 5.87. The summed E-state index contributed by atoms with van der Waals surface area (Å²) >= 11 is 6.14. The van der Waals surface area contributed by atoms with Gasteiger partial charge in [0.1, 0.15) is 0 Å². The van der Waals surface area contributed by atoms with Crippen LogP contribution < -0.4 is 0 Å². The normalized spacial score (nSPS) is 45.2. The molecule has 3 saturated carbocycles. The maximum absolute atomic E-state index is 12.7. The van der Waals surface area contributed by atoms with E-state index >= 15 is 0 Å². The quantitative estimate of drug-likeness (QED) is 0.535. The van der Waals surface area contributed by atoms with E-state index in [1.807, 2.05) is 0 Å². The summed E-state index contributed by atoms with van der Waals surface area (Å²) in [5.41, 5.74) is -1.39. The van der Waals surface area contributed by atoms with Crippen molar-refractivity contribution in [2.45, 2.75) is 49.6 Å². The maximum atomic E-state index is 12.7. The van der Waals surface area contributed by atoms with Gasteiger partial charge in [-0.05, 0) is 38.5 Å². The molecule has 3 aliphatic carbocycles. The zero-order valence-corrected chi connectivity index (χ0v) is 8.01. The Morgan fingerprint density at radius 2 is 1.23 bits per heavy atom. The number of fused-ring (bicyclic) bond motifs is 3. The number of rotatable bonds is 0. The minimum atomic E-state index is -4.02. The highest BCUT2D eigenvalue weighted by atomic mass is 35.5. The monoisotopic (exact) mass is 212 g/mol. The van der Waals surface area contributed by atoms with Gasteiger partial charge in [-0.3, -0.25) is 0 Å². The molecule has 0 spiro atoms. The summed E-state index contributed by atoms with van der Waals surface area (Å²) in [4.78, 5) is -0.299. The molecule has 0 aromatic rings. The molecule has 0 unspecified atom stereocenters. The average Bonchev–Trinajstić information content (AvgIpc) is 2.04. The average molecular weight is 213 g/mol. The predicted molar refractivity (Wildman–Crippen MR) is 44.8 cm³/mol. The Balaban J connectivity index is 2.20. The van der Waals surface area contributed by atoms with Crippen LogP contribution in [0.5, 0.6) is 0 Å². The fraction of sp³-hybridized carbons (Fsp3) is 1.00. The van der Waals surface area contributed by atoms with Gasteiger partial charge in [-0.1, -0.05) is 0 Å². The number of alkyl halides is 4. The van der Waals surface area contributed by atoms with Crippen LogP contribution >= 0.6 is 11.6 Å². The molecule has 0 aliphatic heterocycles. The second kappa shape index (κ2) is 2.56. The van der Waals surface area contributed by atoms with Crippen LogP contribution in [0.4, 0.5) is 13.2 Å². The molecule has 0 heterocycles. The lowest BCUT2D eigenvalue weighted by Crippen LogP contribution is -2.50. The molecular formula is C9H12ClF3. The SMILES string of the molecule is FC(F)(F)C12CCC(Cl)(CC1)CC2. The minimum Gasteiger partial charge on any atom is -0.171 e. The zero-order chi connectivity index (χ0) is 9.74. The second-order valence-electron chi connectivity index (χ2n) is 4.43. The number of hydrogen-bond donors (Lipinski definition) is 0. The fourth-order valence-electron chi connectivity index (χ4n) is 2.57. The summed E-state index contributed by atoms with van der Waals surface area (Å²) in [5, 5.41) is 0. The molecule has 0 radical (unpaired) electrons. The maximum Gasteiger partial charge on any atom is 0.394 e. The molecule has 3 rings (SSSR count). The van der Waals surface area contributed by atoms with Crippen LogP contribution in [0.25, 0.3) is 0 Å². The fourth-order valence-corrected chi connectivity index (χ4v) is 2.85. The summed E-state index contributed by atoms with van der Waals surface area (Å²) in [6.45, 7) is 0. The highest BCUT2D eigenvalue weighted by Gasteiger charge is 2.60. The van der Waals surface area contributed by atoms with Gasteiger partial charge in [0.25, 0.3) is 0 Å². The van der Waals surface area contributed by atoms with Gasteiger partial charge in [0.15, 0.2) is 0 Å². The second-order valence-corrected chi connectivity index (χ2v) is 5.23. The molecule has 0 atom stereocenters. The van der Waals surface area contributed by atoms with Crippen molar-refractivity contribution in [3.05, 3.63) is 0 Å². The summed E-state index contributed by atoms with van der Waals surface area (Å²) < 4.78 is 38.1. The van der Waals surface area contributed by atoms with Crippen molar-refractivity contribution in [3.8, 4) is 0 Å². The van der Waals surface area contributed by atoms with Gasteiger partial charge in [-0.15, -0.1) is 11.6 Å². The van der Waals surface area contributed by atoms with E-state index in [-0.39, 0.29) is 24.1 Å². The van der Waals surface area contributed by atoms with E-state index in [9.17, 15) is 13.2 Å². The van der Waals surface area contributed by atoms with Crippen molar-refractivity contribution >= 4 is 11.6 Å². The van der Waals surface area contributed by atoms with Crippen molar-refractivity contribution in [2.75, 3.05) is 0 Å². The third kappa shape index (κ3) is 1.36. The Kier molecular flexibility index (Phi) is 1.89. The summed E-state index contributed by atoms with van der Waals surface area (Å²) in [7, 11) is 0. The molecule has 0 N–H and O–H groups in total. The topological polar surface area (TPSA) is 0 Å². The van der Waals surface area contributed by atoms with E-state index in [1.165, 1.54) is 0 Å². The molecule has 13 heavy (non-hydrogen) atoms. The first-order valence-electron chi connectivity index (χ1n) is 4.63. The largest absolute Gasteiger partial charge is 0.394 e. The predicted octanol–water partition coefficient (Wildman–Crippen LogP) is 3.88. The van der Waals surface area contributed by atoms with Crippen molar-refractivity contribution in [3.63, 3.8) is 0 Å². The van der Waals surface area contributed by atoms with Gasteiger partial charge in [0, 0.05) is 4.87 Å². The molecule has 0 aromatic carbocycles. The lowest BCUT2D eigenvalue weighted by Gasteiger charge is -2.51. The van der Waals surface area contributed by atoms with Crippen LogP contribution in [0.1, 0.15) is 38.5 Å². The third-order valence-corrected chi connectivity index (χ3v) is 4.32. The van der Waals surface area contributed by atoms with Gasteiger partial charge in [0.2, 0.25) is 0 Å². The van der Waals surface area contributed by atoms with Crippen LogP contribution in [0.15, 0.2) is 0 Å². The molecule has 3 fully saturated rings. The molecule has 0 aromatic heterocycles. The van der Waals surface area contributed by atoms with Crippen LogP contribution in [0.2, 0.25) is 0 Å². The van der Waals surface area contributed by atoms with Gasteiger partial charge in [-0.2, -0.15) is 13.2 Å². The molecule has 2 bridgehead atoms. The van der Waals surface area contributed by atoms with Gasteiger partial charge in [0.05, 0.1) is 5.41 Å². The summed E-state index contributed by atoms with van der Waals surface area (Å²) in [6, 6.07) is 0. The number of hydrogen-bond acceptors (Lipinski definition) is 0. The van der Waals surface area contributed by atoms with Gasteiger partial charge < -0.3 is 0 Å². The highest BCUT2D eigenvalue weighted by molar-refractivity contribution is 6.24. The van der Waals surface area contributed by atoms with E-state index in [1.54, 1.807) is 0 Å². The van der Waals surface area contributed by atoms with E-state index in [4.69, 9.17) is 11.6 Å². The van der Waals surface area contributed by atoms with Crippen molar-refractivity contribution in [2.24, 2.45) is 5.41 Å². The van der Waals surface area contributed by atoms with Crippen LogP contribution in [-0.2, 0) is 0 Å². The van der Waals surface area contributed by atoms with Gasteiger partial charge in [-0.25, -0.2) is 0 Å². The summed E-state index contributed by atoms with van der Waals surface area (Å²) in [5.74, 6) is 0. The van der Waals surface area contributed by atoms with Crippen molar-refractivity contribution in [1.29, 1.82) is 0 Å². The van der Waals surface area contributed by atoms with Crippen molar-refractivity contribution in [1.82, 2.24) is 0 Å². The lowest BCUT2D eigenvalue weighted by atomic mass is 9.60. The third-order valence-electron chi connectivity index (χ3n) is 3.76. The molecule has 0 amide bonds. The highest BCUT2D eigenvalue weighted by Crippen LogP contribution is 2.61. The van der Waals surface area contributed by atoms with Crippen molar-refractivity contribution < 1.29 is 13.2 Å². The molecule has 0 saturated heterocycles. The Morgan fingerprint density at radius 1 is 0.846 bits per heavy atom. The molecule has 4 heteroatoms. The van der Waals surface area contributed by atoms with E-state index < -0.39 is 11.6 Å².